The third-order valence-corrected chi connectivity index (χ3v) is 5.88. The van der Waals surface area contributed by atoms with Crippen molar-refractivity contribution in [1.29, 1.82) is 0 Å². The van der Waals surface area contributed by atoms with E-state index in [2.05, 4.69) is 44.0 Å². The summed E-state index contributed by atoms with van der Waals surface area (Å²) in [5, 5.41) is 2.98. The summed E-state index contributed by atoms with van der Waals surface area (Å²) in [5.41, 5.74) is 0.984. The fourth-order valence-corrected chi connectivity index (χ4v) is 3.40. The van der Waals surface area contributed by atoms with Crippen LogP contribution in [0.5, 0.6) is 0 Å². The number of hydrogen-bond acceptors (Lipinski definition) is 3. The van der Waals surface area contributed by atoms with Gasteiger partial charge in [-0.15, -0.1) is 0 Å². The van der Waals surface area contributed by atoms with Crippen molar-refractivity contribution >= 4 is 14.2 Å². The number of rotatable bonds is 7. The first-order valence-corrected chi connectivity index (χ1v) is 12.1. The summed E-state index contributed by atoms with van der Waals surface area (Å²) in [5.74, 6) is 0. The van der Waals surface area contributed by atoms with Crippen LogP contribution < -0.4 is 5.32 Å². The Kier molecular flexibility index (Phi) is 5.87. The molecule has 4 nitrogen and oxygen atoms in total. The van der Waals surface area contributed by atoms with Gasteiger partial charge in [0.05, 0.1) is 19.3 Å². The maximum atomic E-state index is 11.9. The molecule has 0 unspecified atom stereocenters. The SMILES string of the molecule is CC1(NC(=O)OCC[Si](C)(C)C)CC(OCc2ccccc2)C1. The molecular weight excluding hydrogens is 306 g/mol. The van der Waals surface area contributed by atoms with E-state index in [0.717, 1.165) is 18.9 Å². The van der Waals surface area contributed by atoms with E-state index in [4.69, 9.17) is 9.47 Å². The molecule has 1 aromatic rings. The van der Waals surface area contributed by atoms with Crippen LogP contribution in [0, 0.1) is 0 Å². The van der Waals surface area contributed by atoms with Gasteiger partial charge in [-0.25, -0.2) is 4.79 Å². The molecular formula is C18H29NO3Si. The quantitative estimate of drug-likeness (QED) is 0.760. The van der Waals surface area contributed by atoms with E-state index >= 15 is 0 Å². The Balaban J connectivity index is 1.63. The molecule has 0 aromatic heterocycles. The van der Waals surface area contributed by atoms with E-state index in [9.17, 15) is 4.79 Å². The summed E-state index contributed by atoms with van der Waals surface area (Å²) in [6.45, 7) is 10.0. The normalized spacial score (nSPS) is 23.9. The molecule has 0 aliphatic heterocycles. The van der Waals surface area contributed by atoms with Gasteiger partial charge in [-0.05, 0) is 31.4 Å². The minimum atomic E-state index is -1.16. The molecule has 1 aliphatic rings. The second-order valence-corrected chi connectivity index (χ2v) is 13.6. The van der Waals surface area contributed by atoms with Crippen LogP contribution in [0.15, 0.2) is 30.3 Å². The Labute approximate surface area is 140 Å². The van der Waals surface area contributed by atoms with Crippen LogP contribution in [0.25, 0.3) is 0 Å². The minimum Gasteiger partial charge on any atom is -0.450 e. The number of carbonyl (C=O) groups excluding carboxylic acids is 1. The van der Waals surface area contributed by atoms with Crippen LogP contribution >= 0.6 is 0 Å². The number of carbonyl (C=O) groups is 1. The molecule has 1 aromatic carbocycles. The van der Waals surface area contributed by atoms with Crippen molar-refractivity contribution in [3.05, 3.63) is 35.9 Å². The standard InChI is InChI=1S/C18H29NO3Si/c1-18(19-17(20)21-10-11-23(2,3)4)12-16(13-18)22-14-15-8-6-5-7-9-15/h5-9,16H,10-14H2,1-4H3,(H,19,20). The number of alkyl carbamates (subject to hydrolysis) is 1. The van der Waals surface area contributed by atoms with Crippen molar-refractivity contribution in [3.63, 3.8) is 0 Å². The number of benzene rings is 1. The van der Waals surface area contributed by atoms with Crippen LogP contribution in [0.3, 0.4) is 0 Å². The van der Waals surface area contributed by atoms with E-state index in [0.29, 0.717) is 13.2 Å². The topological polar surface area (TPSA) is 47.6 Å². The van der Waals surface area contributed by atoms with E-state index in [1.807, 2.05) is 18.2 Å². The monoisotopic (exact) mass is 335 g/mol. The van der Waals surface area contributed by atoms with Gasteiger partial charge in [0.25, 0.3) is 0 Å². The van der Waals surface area contributed by atoms with Crippen LogP contribution in [0.4, 0.5) is 4.79 Å². The molecule has 0 heterocycles. The highest BCUT2D eigenvalue weighted by molar-refractivity contribution is 6.76. The van der Waals surface area contributed by atoms with E-state index in [1.54, 1.807) is 0 Å². The number of ether oxygens (including phenoxy) is 2. The molecule has 23 heavy (non-hydrogen) atoms. The first kappa shape index (κ1) is 18.0. The summed E-state index contributed by atoms with van der Waals surface area (Å²) in [6, 6.07) is 11.2. The zero-order valence-electron chi connectivity index (χ0n) is 14.7. The first-order valence-electron chi connectivity index (χ1n) is 8.36. The highest BCUT2D eigenvalue weighted by Gasteiger charge is 2.42. The molecule has 0 radical (unpaired) electrons. The highest BCUT2D eigenvalue weighted by Crippen LogP contribution is 2.34. The lowest BCUT2D eigenvalue weighted by Crippen LogP contribution is -2.58. The number of amides is 1. The number of nitrogens with one attached hydrogen (secondary N) is 1. The molecule has 1 N–H and O–H groups in total. The predicted octanol–water partition coefficient (Wildman–Crippen LogP) is 4.19. The molecule has 0 atom stereocenters. The number of hydrogen-bond donors (Lipinski definition) is 1. The molecule has 128 valence electrons. The van der Waals surface area contributed by atoms with Gasteiger partial charge >= 0.3 is 6.09 Å². The Morgan fingerprint density at radius 1 is 1.26 bits per heavy atom. The molecule has 1 saturated carbocycles. The third-order valence-electron chi connectivity index (χ3n) is 4.17. The summed E-state index contributed by atoms with van der Waals surface area (Å²) >= 11 is 0. The zero-order chi connectivity index (χ0) is 16.9. The fraction of sp³-hybridized carbons (Fsp3) is 0.611. The lowest BCUT2D eigenvalue weighted by Gasteiger charge is -2.44. The van der Waals surface area contributed by atoms with Crippen LogP contribution in [-0.2, 0) is 16.1 Å². The molecule has 0 saturated heterocycles. The van der Waals surface area contributed by atoms with E-state index in [1.165, 1.54) is 5.56 Å². The summed E-state index contributed by atoms with van der Waals surface area (Å²) in [7, 11) is -1.16. The predicted molar refractivity (Wildman–Crippen MR) is 95.3 cm³/mol. The van der Waals surface area contributed by atoms with Crippen molar-refractivity contribution < 1.29 is 14.3 Å². The van der Waals surface area contributed by atoms with Crippen LogP contribution in [-0.4, -0.2) is 32.4 Å². The van der Waals surface area contributed by atoms with Gasteiger partial charge in [-0.3, -0.25) is 0 Å². The van der Waals surface area contributed by atoms with Gasteiger partial charge < -0.3 is 14.8 Å². The fourth-order valence-electron chi connectivity index (χ4n) is 2.69. The van der Waals surface area contributed by atoms with Gasteiger partial charge in [-0.2, -0.15) is 0 Å². The molecule has 0 spiro atoms. The lowest BCUT2D eigenvalue weighted by atomic mass is 9.76. The maximum Gasteiger partial charge on any atom is 0.407 e. The second kappa shape index (κ2) is 7.49. The summed E-state index contributed by atoms with van der Waals surface area (Å²) in [6.07, 6.45) is 1.58. The van der Waals surface area contributed by atoms with Crippen molar-refractivity contribution in [1.82, 2.24) is 5.32 Å². The maximum absolute atomic E-state index is 11.9. The van der Waals surface area contributed by atoms with Gasteiger partial charge in [-0.1, -0.05) is 50.0 Å². The second-order valence-electron chi connectivity index (χ2n) is 7.96. The van der Waals surface area contributed by atoms with Gasteiger partial charge in [0.15, 0.2) is 0 Å². The van der Waals surface area contributed by atoms with Crippen molar-refractivity contribution in [2.45, 2.75) is 63.7 Å². The van der Waals surface area contributed by atoms with Gasteiger partial charge in [0.1, 0.15) is 0 Å². The van der Waals surface area contributed by atoms with Crippen LogP contribution in [0.1, 0.15) is 25.3 Å². The third kappa shape index (κ3) is 6.35. The Hall–Kier alpha value is -1.33. The van der Waals surface area contributed by atoms with Gasteiger partial charge in [0.2, 0.25) is 0 Å². The average Bonchev–Trinajstić information content (AvgIpc) is 2.42. The summed E-state index contributed by atoms with van der Waals surface area (Å²) < 4.78 is 11.2. The highest BCUT2D eigenvalue weighted by atomic mass is 28.3. The minimum absolute atomic E-state index is 0.197. The van der Waals surface area contributed by atoms with Crippen molar-refractivity contribution in [2.24, 2.45) is 0 Å². The molecule has 1 aliphatic carbocycles. The van der Waals surface area contributed by atoms with Gasteiger partial charge in [0, 0.05) is 13.6 Å². The molecule has 5 heteroatoms. The largest absolute Gasteiger partial charge is 0.450 e. The van der Waals surface area contributed by atoms with Crippen molar-refractivity contribution in [3.8, 4) is 0 Å². The zero-order valence-corrected chi connectivity index (χ0v) is 15.7. The average molecular weight is 336 g/mol. The summed E-state index contributed by atoms with van der Waals surface area (Å²) in [4.78, 5) is 11.9. The first-order chi connectivity index (χ1) is 10.8. The van der Waals surface area contributed by atoms with E-state index in [-0.39, 0.29) is 17.7 Å². The van der Waals surface area contributed by atoms with Crippen LogP contribution in [0.2, 0.25) is 25.7 Å². The lowest BCUT2D eigenvalue weighted by molar-refractivity contribution is -0.0565. The molecule has 1 amide bonds. The molecule has 1 fully saturated rings. The molecule has 2 rings (SSSR count). The molecule has 0 bridgehead atoms. The Bertz CT molecular complexity index is 507. The Morgan fingerprint density at radius 2 is 1.91 bits per heavy atom. The smallest absolute Gasteiger partial charge is 0.407 e. The Morgan fingerprint density at radius 3 is 2.52 bits per heavy atom. The van der Waals surface area contributed by atoms with E-state index < -0.39 is 8.07 Å². The van der Waals surface area contributed by atoms with Crippen molar-refractivity contribution in [2.75, 3.05) is 6.61 Å².